The minimum atomic E-state index is -5.04. The molecular formula is C19H12ClF3O6. The average Bonchev–Trinajstić information content (AvgIpc) is 2.64. The number of carbonyl (C=O) groups excluding carboxylic acids is 1. The normalized spacial score (nSPS) is 11.3. The van der Waals surface area contributed by atoms with Gasteiger partial charge in [-0.2, -0.15) is 13.2 Å². The third kappa shape index (κ3) is 4.45. The van der Waals surface area contributed by atoms with E-state index in [-0.39, 0.29) is 28.5 Å². The summed E-state index contributed by atoms with van der Waals surface area (Å²) < 4.78 is 60.0. The molecule has 3 aromatic rings. The molecule has 0 aliphatic carbocycles. The highest BCUT2D eigenvalue weighted by molar-refractivity contribution is 6.32. The zero-order chi connectivity index (χ0) is 21.2. The van der Waals surface area contributed by atoms with Crippen LogP contribution in [0.3, 0.4) is 0 Å². The molecule has 0 aliphatic rings. The molecule has 0 atom stereocenters. The van der Waals surface area contributed by atoms with Crippen LogP contribution in [0.1, 0.15) is 12.7 Å². The van der Waals surface area contributed by atoms with Crippen molar-refractivity contribution in [2.24, 2.45) is 0 Å². The van der Waals surface area contributed by atoms with Crippen molar-refractivity contribution in [3.05, 3.63) is 63.5 Å². The molecule has 2 aromatic carbocycles. The Labute approximate surface area is 166 Å². The second kappa shape index (κ2) is 8.04. The van der Waals surface area contributed by atoms with Gasteiger partial charge in [-0.05, 0) is 31.2 Å². The van der Waals surface area contributed by atoms with Crippen LogP contribution in [0.4, 0.5) is 18.0 Å². The highest BCUT2D eigenvalue weighted by Gasteiger charge is 2.40. The summed E-state index contributed by atoms with van der Waals surface area (Å²) in [6, 6.07) is 9.07. The molecule has 3 rings (SSSR count). The minimum absolute atomic E-state index is 0.0123. The minimum Gasteiger partial charge on any atom is -0.448 e. The smallest absolute Gasteiger partial charge is 0.448 e. The maximum Gasteiger partial charge on any atom is 0.513 e. The number of benzene rings is 2. The number of rotatable bonds is 4. The van der Waals surface area contributed by atoms with E-state index in [0.29, 0.717) is 0 Å². The van der Waals surface area contributed by atoms with Gasteiger partial charge < -0.3 is 18.6 Å². The van der Waals surface area contributed by atoms with E-state index in [1.165, 1.54) is 24.3 Å². The molecule has 10 heteroatoms. The van der Waals surface area contributed by atoms with Gasteiger partial charge in [0.25, 0.3) is 5.76 Å². The maximum absolute atomic E-state index is 13.5. The number of carbonyl (C=O) groups is 1. The van der Waals surface area contributed by atoms with Crippen LogP contribution in [0, 0.1) is 0 Å². The second-order valence-electron chi connectivity index (χ2n) is 5.56. The summed E-state index contributed by atoms with van der Waals surface area (Å²) in [4.78, 5) is 24.1. The van der Waals surface area contributed by atoms with Crippen molar-refractivity contribution in [2.75, 3.05) is 6.61 Å². The van der Waals surface area contributed by atoms with Crippen molar-refractivity contribution in [3.8, 4) is 17.2 Å². The zero-order valence-electron chi connectivity index (χ0n) is 14.7. The van der Waals surface area contributed by atoms with Crippen LogP contribution in [0.2, 0.25) is 5.02 Å². The van der Waals surface area contributed by atoms with Crippen molar-refractivity contribution >= 4 is 28.7 Å². The van der Waals surface area contributed by atoms with Gasteiger partial charge >= 0.3 is 12.3 Å². The molecule has 6 nitrogen and oxygen atoms in total. The van der Waals surface area contributed by atoms with Gasteiger partial charge in [-0.3, -0.25) is 4.79 Å². The molecule has 1 aromatic heterocycles. The molecule has 0 bridgehead atoms. The molecule has 29 heavy (non-hydrogen) atoms. The van der Waals surface area contributed by atoms with Crippen LogP contribution in [-0.4, -0.2) is 12.8 Å². The summed E-state index contributed by atoms with van der Waals surface area (Å²) >= 11 is 5.91. The Kier molecular flexibility index (Phi) is 5.69. The standard InChI is InChI=1S/C19H12ClF3O6/c1-2-26-18(25)27-10-7-8-11-14(9-10)29-17(19(21,22)23)16(15(11)24)28-13-6-4-3-5-12(13)20/h3-9H,2H2,1H3. The van der Waals surface area contributed by atoms with Gasteiger partial charge in [0, 0.05) is 6.07 Å². The number of hydrogen-bond acceptors (Lipinski definition) is 6. The lowest BCUT2D eigenvalue weighted by Crippen LogP contribution is -2.16. The fourth-order valence-electron chi connectivity index (χ4n) is 2.38. The molecule has 1 heterocycles. The molecular weight excluding hydrogens is 417 g/mol. The molecule has 0 amide bonds. The van der Waals surface area contributed by atoms with Crippen molar-refractivity contribution in [1.82, 2.24) is 0 Å². The molecule has 152 valence electrons. The molecule has 0 radical (unpaired) electrons. The number of ether oxygens (including phenoxy) is 3. The van der Waals surface area contributed by atoms with Crippen LogP contribution in [-0.2, 0) is 10.9 Å². The molecule has 0 saturated carbocycles. The van der Waals surface area contributed by atoms with Gasteiger partial charge in [0.1, 0.15) is 17.1 Å². The molecule has 0 spiro atoms. The first kappa shape index (κ1) is 20.5. The largest absolute Gasteiger partial charge is 0.513 e. The lowest BCUT2D eigenvalue weighted by Gasteiger charge is -2.14. The number of hydrogen-bond donors (Lipinski definition) is 0. The molecule has 0 unspecified atom stereocenters. The fraction of sp³-hybridized carbons (Fsp3) is 0.158. The van der Waals surface area contributed by atoms with Gasteiger partial charge in [0.2, 0.25) is 11.2 Å². The van der Waals surface area contributed by atoms with Crippen LogP contribution < -0.4 is 14.9 Å². The quantitative estimate of drug-likeness (QED) is 0.386. The van der Waals surface area contributed by atoms with Crippen molar-refractivity contribution in [3.63, 3.8) is 0 Å². The summed E-state index contributed by atoms with van der Waals surface area (Å²) in [5, 5.41) is -0.199. The van der Waals surface area contributed by atoms with Gasteiger partial charge in [-0.1, -0.05) is 23.7 Å². The van der Waals surface area contributed by atoms with E-state index in [1.807, 2.05) is 0 Å². The summed E-state index contributed by atoms with van der Waals surface area (Å²) in [5.74, 6) is -3.01. The number of fused-ring (bicyclic) bond motifs is 1. The Morgan fingerprint density at radius 3 is 2.55 bits per heavy atom. The Bertz CT molecular complexity index is 1120. The predicted molar refractivity (Wildman–Crippen MR) is 96.7 cm³/mol. The fourth-order valence-corrected chi connectivity index (χ4v) is 2.55. The van der Waals surface area contributed by atoms with Gasteiger partial charge in [-0.15, -0.1) is 0 Å². The molecule has 0 fully saturated rings. The van der Waals surface area contributed by atoms with E-state index in [2.05, 4.69) is 4.74 Å². The Hall–Kier alpha value is -3.20. The molecule has 0 aliphatic heterocycles. The first-order chi connectivity index (χ1) is 13.7. The number of alkyl halides is 3. The van der Waals surface area contributed by atoms with Crippen molar-refractivity contribution in [2.45, 2.75) is 13.1 Å². The summed E-state index contributed by atoms with van der Waals surface area (Å²) in [5.41, 5.74) is -1.52. The Morgan fingerprint density at radius 1 is 1.17 bits per heavy atom. The van der Waals surface area contributed by atoms with E-state index >= 15 is 0 Å². The SMILES string of the molecule is CCOC(=O)Oc1ccc2c(=O)c(Oc3ccccc3Cl)c(C(F)(F)F)oc2c1. The van der Waals surface area contributed by atoms with Crippen LogP contribution in [0.25, 0.3) is 11.0 Å². The van der Waals surface area contributed by atoms with E-state index < -0.39 is 34.9 Å². The van der Waals surface area contributed by atoms with Crippen molar-refractivity contribution in [1.29, 1.82) is 0 Å². The van der Waals surface area contributed by atoms with E-state index in [4.69, 9.17) is 25.5 Å². The van der Waals surface area contributed by atoms with E-state index in [1.54, 1.807) is 13.0 Å². The maximum atomic E-state index is 13.5. The zero-order valence-corrected chi connectivity index (χ0v) is 15.5. The first-order valence-electron chi connectivity index (χ1n) is 8.15. The monoisotopic (exact) mass is 428 g/mol. The molecule has 0 N–H and O–H groups in total. The van der Waals surface area contributed by atoms with Gasteiger partial charge in [-0.25, -0.2) is 4.79 Å². The Morgan fingerprint density at radius 2 is 1.90 bits per heavy atom. The van der Waals surface area contributed by atoms with Crippen LogP contribution in [0.5, 0.6) is 17.2 Å². The third-order valence-electron chi connectivity index (χ3n) is 3.59. The average molecular weight is 429 g/mol. The lowest BCUT2D eigenvalue weighted by molar-refractivity contribution is -0.154. The Balaban J connectivity index is 2.14. The second-order valence-corrected chi connectivity index (χ2v) is 5.97. The van der Waals surface area contributed by atoms with Crippen LogP contribution in [0.15, 0.2) is 51.7 Å². The summed E-state index contributed by atoms with van der Waals surface area (Å²) in [7, 11) is 0. The predicted octanol–water partition coefficient (Wildman–Crippen LogP) is 5.79. The summed E-state index contributed by atoms with van der Waals surface area (Å²) in [6.07, 6.45) is -6.09. The van der Waals surface area contributed by atoms with Crippen LogP contribution >= 0.6 is 11.6 Å². The van der Waals surface area contributed by atoms with E-state index in [0.717, 1.165) is 12.1 Å². The third-order valence-corrected chi connectivity index (χ3v) is 3.90. The number of halogens is 4. The van der Waals surface area contributed by atoms with Gasteiger partial charge in [0.05, 0.1) is 17.0 Å². The van der Waals surface area contributed by atoms with Gasteiger partial charge in [0.15, 0.2) is 0 Å². The number of para-hydroxylation sites is 1. The lowest BCUT2D eigenvalue weighted by atomic mass is 10.2. The first-order valence-corrected chi connectivity index (χ1v) is 8.53. The van der Waals surface area contributed by atoms with Crippen molar-refractivity contribution < 1.29 is 36.6 Å². The van der Waals surface area contributed by atoms with E-state index in [9.17, 15) is 22.8 Å². The molecule has 0 saturated heterocycles. The highest BCUT2D eigenvalue weighted by atomic mass is 35.5. The highest BCUT2D eigenvalue weighted by Crippen LogP contribution is 2.39. The summed E-state index contributed by atoms with van der Waals surface area (Å²) in [6.45, 7) is 1.60. The topological polar surface area (TPSA) is 75.0 Å².